The van der Waals surface area contributed by atoms with Gasteiger partial charge in [0, 0.05) is 38.2 Å². The molecule has 0 saturated carbocycles. The summed E-state index contributed by atoms with van der Waals surface area (Å²) in [7, 11) is 0. The monoisotopic (exact) mass is 228 g/mol. The number of hydrogen-bond acceptors (Lipinski definition) is 4. The molecule has 16 heavy (non-hydrogen) atoms. The minimum Gasteiger partial charge on any atom is -0.381 e. The van der Waals surface area contributed by atoms with Gasteiger partial charge in [-0.3, -0.25) is 4.90 Å². The molecule has 0 aromatic rings. The summed E-state index contributed by atoms with van der Waals surface area (Å²) in [6.07, 6.45) is 1.19. The van der Waals surface area contributed by atoms with Crippen LogP contribution in [0.4, 0.5) is 0 Å². The lowest BCUT2D eigenvalue weighted by Gasteiger charge is -2.36. The Kier molecular flexibility index (Phi) is 4.58. The van der Waals surface area contributed by atoms with E-state index in [4.69, 9.17) is 9.47 Å². The van der Waals surface area contributed by atoms with Crippen LogP contribution >= 0.6 is 0 Å². The van der Waals surface area contributed by atoms with E-state index in [0.29, 0.717) is 5.41 Å². The van der Waals surface area contributed by atoms with Gasteiger partial charge in [-0.2, -0.15) is 0 Å². The minimum absolute atomic E-state index is 0.341. The molecule has 2 saturated heterocycles. The Labute approximate surface area is 98.3 Å². The standard InChI is InChI=1S/C12H24N2O2/c1-2-13-9-12(3-6-16-11-12)10-14-4-7-15-8-5-14/h13H,2-11H2,1H3. The van der Waals surface area contributed by atoms with Gasteiger partial charge in [0.15, 0.2) is 0 Å². The van der Waals surface area contributed by atoms with Crippen LogP contribution < -0.4 is 5.32 Å². The number of ether oxygens (including phenoxy) is 2. The molecule has 1 N–H and O–H groups in total. The molecular weight excluding hydrogens is 204 g/mol. The van der Waals surface area contributed by atoms with Crippen molar-refractivity contribution in [1.82, 2.24) is 10.2 Å². The second-order valence-electron chi connectivity index (χ2n) is 4.97. The van der Waals surface area contributed by atoms with E-state index in [9.17, 15) is 0 Å². The van der Waals surface area contributed by atoms with Gasteiger partial charge in [-0.05, 0) is 13.0 Å². The number of hydrogen-bond donors (Lipinski definition) is 1. The molecule has 0 radical (unpaired) electrons. The maximum atomic E-state index is 5.60. The van der Waals surface area contributed by atoms with Gasteiger partial charge in [0.25, 0.3) is 0 Å². The predicted molar refractivity (Wildman–Crippen MR) is 63.7 cm³/mol. The molecule has 4 heteroatoms. The average molecular weight is 228 g/mol. The Balaban J connectivity index is 1.85. The Hall–Kier alpha value is -0.160. The zero-order valence-electron chi connectivity index (χ0n) is 10.3. The van der Waals surface area contributed by atoms with Gasteiger partial charge in [-0.15, -0.1) is 0 Å². The molecule has 0 aromatic carbocycles. The molecule has 0 spiro atoms. The Morgan fingerprint density at radius 3 is 2.62 bits per heavy atom. The van der Waals surface area contributed by atoms with Crippen molar-refractivity contribution < 1.29 is 9.47 Å². The second kappa shape index (κ2) is 5.96. The first-order valence-electron chi connectivity index (χ1n) is 6.43. The molecule has 2 heterocycles. The topological polar surface area (TPSA) is 33.7 Å². The van der Waals surface area contributed by atoms with Crippen LogP contribution in [-0.4, -0.2) is 64.1 Å². The highest BCUT2D eigenvalue weighted by molar-refractivity contribution is 4.88. The van der Waals surface area contributed by atoms with E-state index >= 15 is 0 Å². The van der Waals surface area contributed by atoms with Crippen molar-refractivity contribution in [1.29, 1.82) is 0 Å². The van der Waals surface area contributed by atoms with E-state index in [2.05, 4.69) is 17.1 Å². The summed E-state index contributed by atoms with van der Waals surface area (Å²) < 4.78 is 11.0. The second-order valence-corrected chi connectivity index (χ2v) is 4.97. The summed E-state index contributed by atoms with van der Waals surface area (Å²) in [6.45, 7) is 11.2. The highest BCUT2D eigenvalue weighted by Gasteiger charge is 2.36. The van der Waals surface area contributed by atoms with Crippen LogP contribution in [-0.2, 0) is 9.47 Å². The van der Waals surface area contributed by atoms with Crippen LogP contribution in [0.15, 0.2) is 0 Å². The van der Waals surface area contributed by atoms with Crippen LogP contribution in [0, 0.1) is 5.41 Å². The van der Waals surface area contributed by atoms with Gasteiger partial charge in [0.2, 0.25) is 0 Å². The van der Waals surface area contributed by atoms with Gasteiger partial charge < -0.3 is 14.8 Å². The van der Waals surface area contributed by atoms with Crippen molar-refractivity contribution in [2.75, 3.05) is 59.2 Å². The highest BCUT2D eigenvalue weighted by atomic mass is 16.5. The number of morpholine rings is 1. The third kappa shape index (κ3) is 3.17. The molecule has 2 rings (SSSR count). The smallest absolute Gasteiger partial charge is 0.0594 e. The molecule has 4 nitrogen and oxygen atoms in total. The van der Waals surface area contributed by atoms with Crippen molar-refractivity contribution in [2.45, 2.75) is 13.3 Å². The lowest BCUT2D eigenvalue weighted by Crippen LogP contribution is -2.48. The Bertz CT molecular complexity index is 199. The minimum atomic E-state index is 0.341. The van der Waals surface area contributed by atoms with E-state index in [0.717, 1.165) is 59.2 Å². The third-order valence-corrected chi connectivity index (χ3v) is 3.60. The first-order chi connectivity index (χ1) is 7.85. The van der Waals surface area contributed by atoms with E-state index in [1.54, 1.807) is 0 Å². The predicted octanol–water partition coefficient (Wildman–Crippen LogP) is 0.335. The molecular formula is C12H24N2O2. The lowest BCUT2D eigenvalue weighted by atomic mass is 9.86. The summed E-state index contributed by atoms with van der Waals surface area (Å²) in [4.78, 5) is 2.52. The number of rotatable bonds is 5. The van der Waals surface area contributed by atoms with Gasteiger partial charge >= 0.3 is 0 Å². The van der Waals surface area contributed by atoms with Crippen LogP contribution in [0.1, 0.15) is 13.3 Å². The summed E-state index contributed by atoms with van der Waals surface area (Å²) >= 11 is 0. The fourth-order valence-electron chi connectivity index (χ4n) is 2.59. The highest BCUT2D eigenvalue weighted by Crippen LogP contribution is 2.29. The SMILES string of the molecule is CCNCC1(CN2CCOCC2)CCOC1. The Morgan fingerprint density at radius 2 is 2.00 bits per heavy atom. The maximum absolute atomic E-state index is 5.60. The first kappa shape index (κ1) is 12.3. The van der Waals surface area contributed by atoms with Gasteiger partial charge in [-0.25, -0.2) is 0 Å². The number of nitrogens with one attached hydrogen (secondary N) is 1. The maximum Gasteiger partial charge on any atom is 0.0594 e. The molecule has 1 unspecified atom stereocenters. The zero-order valence-corrected chi connectivity index (χ0v) is 10.3. The normalized spacial score (nSPS) is 32.1. The average Bonchev–Trinajstić information content (AvgIpc) is 2.77. The van der Waals surface area contributed by atoms with E-state index < -0.39 is 0 Å². The molecule has 1 atom stereocenters. The van der Waals surface area contributed by atoms with Gasteiger partial charge in [0.1, 0.15) is 0 Å². The summed E-state index contributed by atoms with van der Waals surface area (Å²) in [5, 5.41) is 3.48. The first-order valence-corrected chi connectivity index (χ1v) is 6.43. The van der Waals surface area contributed by atoms with Crippen LogP contribution in [0.2, 0.25) is 0 Å². The van der Waals surface area contributed by atoms with Crippen LogP contribution in [0.3, 0.4) is 0 Å². The van der Waals surface area contributed by atoms with Crippen molar-refractivity contribution >= 4 is 0 Å². The van der Waals surface area contributed by atoms with Crippen molar-refractivity contribution in [3.63, 3.8) is 0 Å². The van der Waals surface area contributed by atoms with E-state index in [-0.39, 0.29) is 0 Å². The van der Waals surface area contributed by atoms with Crippen LogP contribution in [0.25, 0.3) is 0 Å². The fourth-order valence-corrected chi connectivity index (χ4v) is 2.59. The summed E-state index contributed by atoms with van der Waals surface area (Å²) in [6, 6.07) is 0. The van der Waals surface area contributed by atoms with Crippen LogP contribution in [0.5, 0.6) is 0 Å². The lowest BCUT2D eigenvalue weighted by molar-refractivity contribution is 0.0131. The van der Waals surface area contributed by atoms with E-state index in [1.165, 1.54) is 6.42 Å². The molecule has 0 aromatic heterocycles. The zero-order chi connectivity index (χ0) is 11.3. The van der Waals surface area contributed by atoms with Crippen molar-refractivity contribution in [3.8, 4) is 0 Å². The van der Waals surface area contributed by atoms with E-state index in [1.807, 2.05) is 0 Å². The molecule has 2 aliphatic rings. The third-order valence-electron chi connectivity index (χ3n) is 3.60. The molecule has 0 bridgehead atoms. The molecule has 94 valence electrons. The van der Waals surface area contributed by atoms with Gasteiger partial charge in [0.05, 0.1) is 19.8 Å². The number of nitrogens with zero attached hydrogens (tertiary/aromatic N) is 1. The molecule has 0 amide bonds. The van der Waals surface area contributed by atoms with Crippen molar-refractivity contribution in [3.05, 3.63) is 0 Å². The largest absolute Gasteiger partial charge is 0.381 e. The Morgan fingerprint density at radius 1 is 1.19 bits per heavy atom. The molecule has 0 aliphatic carbocycles. The van der Waals surface area contributed by atoms with Crippen molar-refractivity contribution in [2.24, 2.45) is 5.41 Å². The summed E-state index contributed by atoms with van der Waals surface area (Å²) in [5.41, 5.74) is 0.341. The summed E-state index contributed by atoms with van der Waals surface area (Å²) in [5.74, 6) is 0. The molecule has 2 fully saturated rings. The van der Waals surface area contributed by atoms with Gasteiger partial charge in [-0.1, -0.05) is 6.92 Å². The fraction of sp³-hybridized carbons (Fsp3) is 1.00. The quantitative estimate of drug-likeness (QED) is 0.735. The molecule has 2 aliphatic heterocycles.